The van der Waals surface area contributed by atoms with E-state index in [9.17, 15) is 4.79 Å². The van der Waals surface area contributed by atoms with Crippen LogP contribution < -0.4 is 0 Å². The van der Waals surface area contributed by atoms with Gasteiger partial charge in [-0.05, 0) is 37.2 Å². The highest BCUT2D eigenvalue weighted by Gasteiger charge is 2.29. The highest BCUT2D eigenvalue weighted by molar-refractivity contribution is 5.76. The zero-order valence-electron chi connectivity index (χ0n) is 16.4. The highest BCUT2D eigenvalue weighted by Crippen LogP contribution is 2.30. The molecular weight excluding hydrogens is 354 g/mol. The van der Waals surface area contributed by atoms with Crippen LogP contribution in [0.5, 0.6) is 0 Å². The van der Waals surface area contributed by atoms with E-state index < -0.39 is 0 Å². The van der Waals surface area contributed by atoms with Gasteiger partial charge in [0.05, 0.1) is 6.61 Å². The van der Waals surface area contributed by atoms with E-state index in [1.165, 1.54) is 25.7 Å². The minimum atomic E-state index is 0.160. The summed E-state index contributed by atoms with van der Waals surface area (Å²) in [5.74, 6) is 2.25. The molecule has 0 bridgehead atoms. The van der Waals surface area contributed by atoms with Crippen molar-refractivity contribution < 1.29 is 14.1 Å². The number of hydrogen-bond donors (Lipinski definition) is 0. The number of carbonyl (C=O) groups excluding carboxylic acids is 1. The summed E-state index contributed by atoms with van der Waals surface area (Å²) in [5, 5.41) is 4.16. The monoisotopic (exact) mass is 383 g/mol. The van der Waals surface area contributed by atoms with E-state index in [0.29, 0.717) is 49.7 Å². The molecule has 1 aliphatic carbocycles. The number of carbonyl (C=O) groups is 1. The molecule has 1 amide bonds. The molecule has 2 fully saturated rings. The Kier molecular flexibility index (Phi) is 6.37. The second-order valence-electron chi connectivity index (χ2n) is 8.06. The molecule has 6 heteroatoms. The second kappa shape index (κ2) is 9.32. The largest absolute Gasteiger partial charge is 0.367 e. The molecule has 1 saturated heterocycles. The Morgan fingerprint density at radius 1 is 1.11 bits per heavy atom. The Bertz CT molecular complexity index is 755. The van der Waals surface area contributed by atoms with E-state index in [4.69, 9.17) is 9.26 Å². The first-order chi connectivity index (χ1) is 13.8. The fourth-order valence-electron chi connectivity index (χ4n) is 4.33. The predicted octanol–water partition coefficient (Wildman–Crippen LogP) is 4.07. The van der Waals surface area contributed by atoms with Gasteiger partial charge in [-0.15, -0.1) is 0 Å². The summed E-state index contributed by atoms with van der Waals surface area (Å²) in [6.07, 6.45) is 7.67. The third-order valence-corrected chi connectivity index (χ3v) is 5.90. The molecule has 2 aromatic rings. The Labute approximate surface area is 166 Å². The summed E-state index contributed by atoms with van der Waals surface area (Å²) < 4.78 is 11.0. The minimum Gasteiger partial charge on any atom is -0.367 e. The summed E-state index contributed by atoms with van der Waals surface area (Å²) in [6, 6.07) is 10.0. The van der Waals surface area contributed by atoms with E-state index in [2.05, 4.69) is 10.1 Å². The molecule has 4 rings (SSSR count). The number of likely N-dealkylation sites (tertiary alicyclic amines) is 1. The van der Waals surface area contributed by atoms with Crippen LogP contribution in [0.4, 0.5) is 0 Å². The van der Waals surface area contributed by atoms with Crippen LogP contribution in [-0.2, 0) is 22.7 Å². The first-order valence-electron chi connectivity index (χ1n) is 10.5. The minimum absolute atomic E-state index is 0.160. The first kappa shape index (κ1) is 19.1. The van der Waals surface area contributed by atoms with Crippen molar-refractivity contribution in [2.75, 3.05) is 13.1 Å². The number of nitrogens with zero attached hydrogens (tertiary/aromatic N) is 3. The number of piperidine rings is 1. The zero-order chi connectivity index (χ0) is 19.2. The third kappa shape index (κ3) is 4.98. The SMILES string of the molecule is O=C(CC1CCCC1)N1CCCC(c2noc(COCc3ccccc3)n2)C1. The molecule has 6 nitrogen and oxygen atoms in total. The summed E-state index contributed by atoms with van der Waals surface area (Å²) in [7, 11) is 0. The standard InChI is InChI=1S/C22H29N3O3/c26-21(13-17-7-4-5-8-17)25-12-6-11-19(14-25)22-23-20(28-24-22)16-27-15-18-9-2-1-3-10-18/h1-3,9-10,17,19H,4-8,11-16H2. The van der Waals surface area contributed by atoms with E-state index in [1.54, 1.807) is 0 Å². The van der Waals surface area contributed by atoms with Crippen molar-refractivity contribution in [2.45, 2.75) is 64.1 Å². The molecular formula is C22H29N3O3. The van der Waals surface area contributed by atoms with E-state index in [-0.39, 0.29) is 5.92 Å². The maximum atomic E-state index is 12.7. The van der Waals surface area contributed by atoms with Crippen molar-refractivity contribution in [3.8, 4) is 0 Å². The van der Waals surface area contributed by atoms with Crippen LogP contribution in [0.15, 0.2) is 34.9 Å². The van der Waals surface area contributed by atoms with Gasteiger partial charge in [0.15, 0.2) is 5.82 Å². The van der Waals surface area contributed by atoms with Crippen molar-refractivity contribution in [2.24, 2.45) is 5.92 Å². The average molecular weight is 383 g/mol. The highest BCUT2D eigenvalue weighted by atomic mass is 16.5. The second-order valence-corrected chi connectivity index (χ2v) is 8.06. The van der Waals surface area contributed by atoms with Crippen LogP contribution >= 0.6 is 0 Å². The van der Waals surface area contributed by atoms with Gasteiger partial charge in [-0.25, -0.2) is 0 Å². The lowest BCUT2D eigenvalue weighted by atomic mass is 9.96. The first-order valence-corrected chi connectivity index (χ1v) is 10.5. The number of aromatic nitrogens is 2. The van der Waals surface area contributed by atoms with Gasteiger partial charge < -0.3 is 14.2 Å². The molecule has 2 aliphatic rings. The Hall–Kier alpha value is -2.21. The zero-order valence-corrected chi connectivity index (χ0v) is 16.4. The molecule has 2 heterocycles. The predicted molar refractivity (Wildman–Crippen MR) is 104 cm³/mol. The molecule has 1 aromatic heterocycles. The fraction of sp³-hybridized carbons (Fsp3) is 0.591. The third-order valence-electron chi connectivity index (χ3n) is 5.90. The molecule has 1 unspecified atom stereocenters. The number of benzene rings is 1. The molecule has 0 spiro atoms. The Morgan fingerprint density at radius 3 is 2.75 bits per heavy atom. The molecule has 1 saturated carbocycles. The number of amides is 1. The summed E-state index contributed by atoms with van der Waals surface area (Å²) in [6.45, 7) is 2.38. The lowest BCUT2D eigenvalue weighted by Crippen LogP contribution is -2.40. The van der Waals surface area contributed by atoms with Crippen molar-refractivity contribution in [3.63, 3.8) is 0 Å². The lowest BCUT2D eigenvalue weighted by molar-refractivity contribution is -0.133. The van der Waals surface area contributed by atoms with Gasteiger partial charge in [-0.1, -0.05) is 48.3 Å². The fourth-order valence-corrected chi connectivity index (χ4v) is 4.33. The molecule has 0 N–H and O–H groups in total. The smallest absolute Gasteiger partial charge is 0.252 e. The number of hydrogen-bond acceptors (Lipinski definition) is 5. The van der Waals surface area contributed by atoms with Gasteiger partial charge >= 0.3 is 0 Å². The van der Waals surface area contributed by atoms with Gasteiger partial charge in [-0.3, -0.25) is 4.79 Å². The van der Waals surface area contributed by atoms with Crippen molar-refractivity contribution in [1.29, 1.82) is 0 Å². The van der Waals surface area contributed by atoms with Gasteiger partial charge in [0, 0.05) is 25.4 Å². The Morgan fingerprint density at radius 2 is 1.93 bits per heavy atom. The van der Waals surface area contributed by atoms with Gasteiger partial charge in [0.1, 0.15) is 6.61 Å². The summed E-state index contributed by atoms with van der Waals surface area (Å²) in [5.41, 5.74) is 1.12. The maximum Gasteiger partial charge on any atom is 0.252 e. The number of ether oxygens (including phenoxy) is 1. The van der Waals surface area contributed by atoms with E-state index >= 15 is 0 Å². The summed E-state index contributed by atoms with van der Waals surface area (Å²) >= 11 is 0. The molecule has 0 radical (unpaired) electrons. The lowest BCUT2D eigenvalue weighted by Gasteiger charge is -2.32. The van der Waals surface area contributed by atoms with Crippen molar-refractivity contribution >= 4 is 5.91 Å². The maximum absolute atomic E-state index is 12.7. The van der Waals surface area contributed by atoms with Crippen molar-refractivity contribution in [1.82, 2.24) is 15.0 Å². The van der Waals surface area contributed by atoms with Crippen LogP contribution in [0.25, 0.3) is 0 Å². The van der Waals surface area contributed by atoms with Crippen LogP contribution in [-0.4, -0.2) is 34.0 Å². The van der Waals surface area contributed by atoms with Gasteiger partial charge in [-0.2, -0.15) is 4.98 Å². The van der Waals surface area contributed by atoms with Crippen molar-refractivity contribution in [3.05, 3.63) is 47.6 Å². The molecule has 1 atom stereocenters. The Balaban J connectivity index is 1.27. The normalized spacial score (nSPS) is 20.6. The molecule has 1 aliphatic heterocycles. The van der Waals surface area contributed by atoms with Crippen LogP contribution in [0.2, 0.25) is 0 Å². The van der Waals surface area contributed by atoms with Crippen LogP contribution in [0.1, 0.15) is 68.1 Å². The van der Waals surface area contributed by atoms with E-state index in [1.807, 2.05) is 35.2 Å². The summed E-state index contributed by atoms with van der Waals surface area (Å²) in [4.78, 5) is 19.2. The van der Waals surface area contributed by atoms with Gasteiger partial charge in [0.25, 0.3) is 5.89 Å². The molecule has 1 aromatic carbocycles. The van der Waals surface area contributed by atoms with E-state index in [0.717, 1.165) is 24.9 Å². The van der Waals surface area contributed by atoms with Gasteiger partial charge in [0.2, 0.25) is 5.91 Å². The molecule has 150 valence electrons. The average Bonchev–Trinajstić information content (AvgIpc) is 3.41. The van der Waals surface area contributed by atoms with Crippen LogP contribution in [0, 0.1) is 5.92 Å². The van der Waals surface area contributed by atoms with Crippen LogP contribution in [0.3, 0.4) is 0 Å². The topological polar surface area (TPSA) is 68.5 Å². The molecule has 28 heavy (non-hydrogen) atoms. The number of rotatable bonds is 7. The quantitative estimate of drug-likeness (QED) is 0.721.